The van der Waals surface area contributed by atoms with Gasteiger partial charge in [-0.05, 0) is 13.3 Å². The van der Waals surface area contributed by atoms with E-state index in [0.717, 1.165) is 36.7 Å². The van der Waals surface area contributed by atoms with E-state index in [4.69, 9.17) is 0 Å². The second-order valence-corrected chi connectivity index (χ2v) is 5.19. The van der Waals surface area contributed by atoms with E-state index in [1.807, 2.05) is 18.5 Å². The smallest absolute Gasteiger partial charge is 0.132 e. The van der Waals surface area contributed by atoms with Gasteiger partial charge in [-0.3, -0.25) is 0 Å². The zero-order chi connectivity index (χ0) is 13.0. The Morgan fingerprint density at radius 2 is 2.17 bits per heavy atom. The Morgan fingerprint density at radius 1 is 1.33 bits per heavy atom. The first-order valence-corrected chi connectivity index (χ1v) is 7.01. The van der Waals surface area contributed by atoms with E-state index < -0.39 is 0 Å². The van der Waals surface area contributed by atoms with Gasteiger partial charge in [0.1, 0.15) is 11.6 Å². The Balaban J connectivity index is 2.03. The van der Waals surface area contributed by atoms with Crippen LogP contribution in [-0.4, -0.2) is 28.5 Å². The molecular formula is C13H18N4S. The number of likely N-dealkylation sites (N-methyl/N-ethyl adjacent to an activating group) is 1. The SMILES string of the molecule is CCc1cc(N(C)CCc2nccs2)nc(C)n1. The molecule has 0 unspecified atom stereocenters. The van der Waals surface area contributed by atoms with Crippen LogP contribution < -0.4 is 4.90 Å². The highest BCUT2D eigenvalue weighted by molar-refractivity contribution is 7.09. The lowest BCUT2D eigenvalue weighted by molar-refractivity contribution is 0.834. The van der Waals surface area contributed by atoms with Gasteiger partial charge in [0.15, 0.2) is 0 Å². The molecule has 2 heterocycles. The summed E-state index contributed by atoms with van der Waals surface area (Å²) in [4.78, 5) is 15.3. The van der Waals surface area contributed by atoms with Crippen LogP contribution in [0.2, 0.25) is 0 Å². The zero-order valence-electron chi connectivity index (χ0n) is 11.1. The van der Waals surface area contributed by atoms with Crippen LogP contribution in [0.1, 0.15) is 23.4 Å². The third-order valence-corrected chi connectivity index (χ3v) is 3.61. The van der Waals surface area contributed by atoms with E-state index in [9.17, 15) is 0 Å². The first-order valence-electron chi connectivity index (χ1n) is 6.13. The van der Waals surface area contributed by atoms with Crippen molar-refractivity contribution in [3.05, 3.63) is 34.2 Å². The molecule has 0 aliphatic carbocycles. The minimum Gasteiger partial charge on any atom is -0.359 e. The average Bonchev–Trinajstić information content (AvgIpc) is 2.88. The van der Waals surface area contributed by atoms with Gasteiger partial charge in [0.2, 0.25) is 0 Å². The summed E-state index contributed by atoms with van der Waals surface area (Å²) in [7, 11) is 2.06. The van der Waals surface area contributed by atoms with Crippen LogP contribution in [-0.2, 0) is 12.8 Å². The standard InChI is InChI=1S/C13H18N4S/c1-4-11-9-12(16-10(2)15-11)17(3)7-5-13-14-6-8-18-13/h6,8-9H,4-5,7H2,1-3H3. The van der Waals surface area contributed by atoms with Crippen LogP contribution in [0.25, 0.3) is 0 Å². The van der Waals surface area contributed by atoms with Crippen LogP contribution in [0.4, 0.5) is 5.82 Å². The number of thiazole rings is 1. The normalized spacial score (nSPS) is 10.6. The summed E-state index contributed by atoms with van der Waals surface area (Å²) in [5, 5.41) is 3.18. The molecule has 0 aliphatic heterocycles. The molecular weight excluding hydrogens is 244 g/mol. The van der Waals surface area contributed by atoms with Gasteiger partial charge >= 0.3 is 0 Å². The van der Waals surface area contributed by atoms with Crippen LogP contribution in [0.5, 0.6) is 0 Å². The van der Waals surface area contributed by atoms with Crippen molar-refractivity contribution < 1.29 is 0 Å². The fraction of sp³-hybridized carbons (Fsp3) is 0.462. The molecule has 0 N–H and O–H groups in total. The molecule has 2 aromatic rings. The fourth-order valence-electron chi connectivity index (χ4n) is 1.74. The number of aryl methyl sites for hydroxylation is 2. The predicted octanol–water partition coefficient (Wildman–Crippen LogP) is 2.48. The number of anilines is 1. The summed E-state index contributed by atoms with van der Waals surface area (Å²) in [6.07, 6.45) is 3.75. The maximum Gasteiger partial charge on any atom is 0.132 e. The van der Waals surface area contributed by atoms with Crippen molar-refractivity contribution in [2.75, 3.05) is 18.5 Å². The van der Waals surface area contributed by atoms with E-state index >= 15 is 0 Å². The quantitative estimate of drug-likeness (QED) is 0.830. The molecule has 0 aromatic carbocycles. The highest BCUT2D eigenvalue weighted by atomic mass is 32.1. The van der Waals surface area contributed by atoms with E-state index in [1.165, 1.54) is 5.01 Å². The Kier molecular flexibility index (Phi) is 4.25. The van der Waals surface area contributed by atoms with Crippen molar-refractivity contribution in [1.82, 2.24) is 15.0 Å². The molecule has 4 nitrogen and oxygen atoms in total. The van der Waals surface area contributed by atoms with Gasteiger partial charge in [0, 0.05) is 43.4 Å². The maximum absolute atomic E-state index is 4.48. The highest BCUT2D eigenvalue weighted by Gasteiger charge is 2.06. The van der Waals surface area contributed by atoms with Crippen LogP contribution >= 0.6 is 11.3 Å². The molecule has 18 heavy (non-hydrogen) atoms. The van der Waals surface area contributed by atoms with Crippen molar-refractivity contribution in [2.45, 2.75) is 26.7 Å². The minimum atomic E-state index is 0.838. The second kappa shape index (κ2) is 5.91. The maximum atomic E-state index is 4.48. The lowest BCUT2D eigenvalue weighted by Crippen LogP contribution is -2.22. The molecule has 0 radical (unpaired) electrons. The molecule has 0 aliphatic rings. The van der Waals surface area contributed by atoms with Gasteiger partial charge in [-0.15, -0.1) is 11.3 Å². The Morgan fingerprint density at radius 3 is 2.83 bits per heavy atom. The largest absolute Gasteiger partial charge is 0.359 e. The topological polar surface area (TPSA) is 41.9 Å². The van der Waals surface area contributed by atoms with Gasteiger partial charge in [-0.1, -0.05) is 6.92 Å². The van der Waals surface area contributed by atoms with Crippen LogP contribution in [0.15, 0.2) is 17.6 Å². The van der Waals surface area contributed by atoms with Crippen molar-refractivity contribution in [1.29, 1.82) is 0 Å². The molecule has 96 valence electrons. The van der Waals surface area contributed by atoms with Gasteiger partial charge in [0.05, 0.1) is 5.01 Å². The molecule has 0 fully saturated rings. The summed E-state index contributed by atoms with van der Waals surface area (Å²) in [5.41, 5.74) is 1.10. The lowest BCUT2D eigenvalue weighted by atomic mass is 10.3. The molecule has 0 saturated carbocycles. The monoisotopic (exact) mass is 262 g/mol. The first kappa shape index (κ1) is 13.0. The second-order valence-electron chi connectivity index (χ2n) is 4.22. The van der Waals surface area contributed by atoms with Gasteiger partial charge in [-0.25, -0.2) is 15.0 Å². The molecule has 5 heteroatoms. The highest BCUT2D eigenvalue weighted by Crippen LogP contribution is 2.13. The van der Waals surface area contributed by atoms with Gasteiger partial charge < -0.3 is 4.90 Å². The van der Waals surface area contributed by atoms with Gasteiger partial charge in [-0.2, -0.15) is 0 Å². The molecule has 2 aromatic heterocycles. The Bertz CT molecular complexity index is 496. The number of aromatic nitrogens is 3. The van der Waals surface area contributed by atoms with E-state index in [1.54, 1.807) is 11.3 Å². The van der Waals surface area contributed by atoms with E-state index in [2.05, 4.69) is 39.9 Å². The van der Waals surface area contributed by atoms with E-state index in [0.29, 0.717) is 0 Å². The predicted molar refractivity (Wildman–Crippen MR) is 75.2 cm³/mol. The van der Waals surface area contributed by atoms with Crippen LogP contribution in [0, 0.1) is 6.92 Å². The summed E-state index contributed by atoms with van der Waals surface area (Å²) in [6.45, 7) is 4.98. The third-order valence-electron chi connectivity index (χ3n) is 2.78. The summed E-state index contributed by atoms with van der Waals surface area (Å²) in [6, 6.07) is 2.06. The number of hydrogen-bond acceptors (Lipinski definition) is 5. The van der Waals surface area contributed by atoms with Crippen molar-refractivity contribution in [3.63, 3.8) is 0 Å². The van der Waals surface area contributed by atoms with Gasteiger partial charge in [0.25, 0.3) is 0 Å². The van der Waals surface area contributed by atoms with Crippen molar-refractivity contribution >= 4 is 17.2 Å². The third kappa shape index (κ3) is 3.26. The zero-order valence-corrected chi connectivity index (χ0v) is 11.9. The minimum absolute atomic E-state index is 0.838. The molecule has 0 bridgehead atoms. The summed E-state index contributed by atoms with van der Waals surface area (Å²) in [5.74, 6) is 1.83. The average molecular weight is 262 g/mol. The first-order chi connectivity index (χ1) is 8.69. The Labute approximate surface area is 112 Å². The molecule has 0 amide bonds. The summed E-state index contributed by atoms with van der Waals surface area (Å²) >= 11 is 1.70. The molecule has 2 rings (SSSR count). The summed E-state index contributed by atoms with van der Waals surface area (Å²) < 4.78 is 0. The number of hydrogen-bond donors (Lipinski definition) is 0. The molecule has 0 atom stereocenters. The fourth-order valence-corrected chi connectivity index (χ4v) is 2.35. The Hall–Kier alpha value is -1.49. The van der Waals surface area contributed by atoms with Crippen molar-refractivity contribution in [3.8, 4) is 0 Å². The van der Waals surface area contributed by atoms with E-state index in [-0.39, 0.29) is 0 Å². The molecule has 0 saturated heterocycles. The van der Waals surface area contributed by atoms with Crippen LogP contribution in [0.3, 0.4) is 0 Å². The molecule has 0 spiro atoms. The number of nitrogens with zero attached hydrogens (tertiary/aromatic N) is 4. The lowest BCUT2D eigenvalue weighted by Gasteiger charge is -2.18. The van der Waals surface area contributed by atoms with Crippen molar-refractivity contribution in [2.24, 2.45) is 0 Å². The number of rotatable bonds is 5.